The number of rotatable bonds is 3. The van der Waals surface area contributed by atoms with E-state index in [2.05, 4.69) is 5.32 Å². The van der Waals surface area contributed by atoms with Crippen LogP contribution < -0.4 is 10.1 Å². The Bertz CT molecular complexity index is 749. The number of hydrogen-bond acceptors (Lipinski definition) is 5. The van der Waals surface area contributed by atoms with E-state index in [4.69, 9.17) is 14.6 Å². The van der Waals surface area contributed by atoms with Gasteiger partial charge in [-0.1, -0.05) is 12.1 Å². The van der Waals surface area contributed by atoms with Crippen LogP contribution in [0.15, 0.2) is 45.7 Å². The molecule has 5 nitrogen and oxygen atoms in total. The molecule has 0 bridgehead atoms. The predicted molar refractivity (Wildman–Crippen MR) is 82.1 cm³/mol. The molecule has 2 heterocycles. The number of benzene rings is 1. The van der Waals surface area contributed by atoms with E-state index in [1.165, 1.54) is 0 Å². The van der Waals surface area contributed by atoms with E-state index in [0.717, 1.165) is 23.1 Å². The van der Waals surface area contributed by atoms with Crippen molar-refractivity contribution in [3.63, 3.8) is 0 Å². The number of methoxy groups -OCH3 is 1. The third-order valence-corrected chi connectivity index (χ3v) is 3.75. The van der Waals surface area contributed by atoms with Crippen LogP contribution in [0.2, 0.25) is 0 Å². The van der Waals surface area contributed by atoms with Crippen LogP contribution in [-0.4, -0.2) is 18.2 Å². The third-order valence-electron chi connectivity index (χ3n) is 2.92. The largest absolute Gasteiger partial charge is 0.497 e. The van der Waals surface area contributed by atoms with Crippen LogP contribution in [0, 0.1) is 5.41 Å². The molecule has 0 atom stereocenters. The number of hydrogen-bond donors (Lipinski definition) is 2. The Hall–Kier alpha value is -2.47. The van der Waals surface area contributed by atoms with Gasteiger partial charge in [0.25, 0.3) is 5.91 Å². The Morgan fingerprint density at radius 2 is 2.19 bits per heavy atom. The topological polar surface area (TPSA) is 75.3 Å². The number of carbonyl (C=O) groups is 1. The van der Waals surface area contributed by atoms with Crippen molar-refractivity contribution in [2.45, 2.75) is 0 Å². The van der Waals surface area contributed by atoms with Gasteiger partial charge in [-0.3, -0.25) is 10.2 Å². The molecule has 0 spiro atoms. The van der Waals surface area contributed by atoms with Crippen molar-refractivity contribution < 1.29 is 13.9 Å². The van der Waals surface area contributed by atoms with Gasteiger partial charge in [0.05, 0.1) is 12.0 Å². The van der Waals surface area contributed by atoms with Crippen LogP contribution in [0.5, 0.6) is 5.75 Å². The summed E-state index contributed by atoms with van der Waals surface area (Å²) < 4.78 is 10.9. The lowest BCUT2D eigenvalue weighted by molar-refractivity contribution is -0.115. The minimum Gasteiger partial charge on any atom is -0.497 e. The van der Waals surface area contributed by atoms with Gasteiger partial charge >= 0.3 is 0 Å². The molecule has 0 aliphatic carbocycles. The van der Waals surface area contributed by atoms with Crippen molar-refractivity contribution in [2.75, 3.05) is 7.11 Å². The fourth-order valence-corrected chi connectivity index (χ4v) is 2.62. The molecule has 1 aliphatic rings. The summed E-state index contributed by atoms with van der Waals surface area (Å²) in [6, 6.07) is 11.2. The summed E-state index contributed by atoms with van der Waals surface area (Å²) in [6.07, 6.45) is 1.63. The number of furan rings is 1. The second-order valence-corrected chi connectivity index (χ2v) is 5.38. The highest BCUT2D eigenvalue weighted by Gasteiger charge is 2.22. The quantitative estimate of drug-likeness (QED) is 0.854. The second kappa shape index (κ2) is 5.49. The summed E-state index contributed by atoms with van der Waals surface area (Å²) in [6.45, 7) is 0. The minimum absolute atomic E-state index is 0.130. The Morgan fingerprint density at radius 3 is 2.90 bits per heavy atom. The average molecular weight is 300 g/mol. The number of ether oxygens (including phenoxy) is 1. The van der Waals surface area contributed by atoms with E-state index >= 15 is 0 Å². The molecule has 1 aliphatic heterocycles. The molecule has 1 aromatic heterocycles. The molecule has 1 amide bonds. The van der Waals surface area contributed by atoms with Crippen molar-refractivity contribution in [3.8, 4) is 17.1 Å². The lowest BCUT2D eigenvalue weighted by Gasteiger charge is -2.01. The van der Waals surface area contributed by atoms with Crippen molar-refractivity contribution in [1.29, 1.82) is 5.41 Å². The van der Waals surface area contributed by atoms with Crippen LogP contribution in [0.3, 0.4) is 0 Å². The molecular weight excluding hydrogens is 288 g/mol. The normalized spacial score (nSPS) is 16.3. The van der Waals surface area contributed by atoms with Gasteiger partial charge in [0.1, 0.15) is 17.3 Å². The summed E-state index contributed by atoms with van der Waals surface area (Å²) in [4.78, 5) is 12.0. The van der Waals surface area contributed by atoms with E-state index in [1.807, 2.05) is 30.3 Å². The molecular formula is C15H12N2O3S. The van der Waals surface area contributed by atoms with Crippen molar-refractivity contribution in [3.05, 3.63) is 47.1 Å². The third kappa shape index (κ3) is 2.85. The fraction of sp³-hybridized carbons (Fsp3) is 0.0667. The van der Waals surface area contributed by atoms with Crippen LogP contribution in [0.25, 0.3) is 17.4 Å². The first-order valence-corrected chi connectivity index (χ1v) is 7.01. The highest BCUT2D eigenvalue weighted by atomic mass is 32.2. The van der Waals surface area contributed by atoms with E-state index in [0.29, 0.717) is 16.4 Å². The van der Waals surface area contributed by atoms with E-state index < -0.39 is 0 Å². The standard InChI is InChI=1S/C15H12N2O3S/c1-19-10-4-2-3-9(7-10)12-6-5-11(20-12)8-13-14(18)17-15(16)21-13/h2-8H,1H3,(H2,16,17,18)/b13-8+. The van der Waals surface area contributed by atoms with Crippen molar-refractivity contribution >= 4 is 28.9 Å². The maximum Gasteiger partial charge on any atom is 0.264 e. The zero-order valence-corrected chi connectivity index (χ0v) is 12.0. The molecule has 1 fully saturated rings. The summed E-state index contributed by atoms with van der Waals surface area (Å²) in [5.41, 5.74) is 0.898. The SMILES string of the molecule is COc1cccc(-c2ccc(/C=C3/SC(=N)NC3=O)o2)c1. The molecule has 6 heteroatoms. The van der Waals surface area contributed by atoms with Gasteiger partial charge < -0.3 is 14.5 Å². The molecule has 2 aromatic rings. The lowest BCUT2D eigenvalue weighted by atomic mass is 10.2. The van der Waals surface area contributed by atoms with Gasteiger partial charge in [-0.2, -0.15) is 0 Å². The summed E-state index contributed by atoms with van der Waals surface area (Å²) in [5.74, 6) is 1.74. The van der Waals surface area contributed by atoms with Gasteiger partial charge in [-0.25, -0.2) is 0 Å². The van der Waals surface area contributed by atoms with Crippen molar-refractivity contribution in [2.24, 2.45) is 0 Å². The van der Waals surface area contributed by atoms with Gasteiger partial charge in [-0.15, -0.1) is 0 Å². The van der Waals surface area contributed by atoms with Gasteiger partial charge in [0.2, 0.25) is 0 Å². The maximum atomic E-state index is 11.6. The maximum absolute atomic E-state index is 11.6. The molecule has 3 rings (SSSR count). The van der Waals surface area contributed by atoms with Crippen LogP contribution in [-0.2, 0) is 4.79 Å². The Labute approximate surface area is 125 Å². The lowest BCUT2D eigenvalue weighted by Crippen LogP contribution is -2.18. The van der Waals surface area contributed by atoms with E-state index in [-0.39, 0.29) is 11.1 Å². The highest BCUT2D eigenvalue weighted by Crippen LogP contribution is 2.29. The van der Waals surface area contributed by atoms with E-state index in [1.54, 1.807) is 19.3 Å². The zero-order chi connectivity index (χ0) is 14.8. The average Bonchev–Trinajstić information content (AvgIpc) is 3.06. The highest BCUT2D eigenvalue weighted by molar-refractivity contribution is 8.18. The first-order chi connectivity index (χ1) is 10.2. The second-order valence-electron chi connectivity index (χ2n) is 4.33. The Kier molecular flexibility index (Phi) is 3.53. The first-order valence-electron chi connectivity index (χ1n) is 6.19. The summed E-state index contributed by atoms with van der Waals surface area (Å²) in [7, 11) is 1.61. The molecule has 1 saturated heterocycles. The smallest absolute Gasteiger partial charge is 0.264 e. The summed E-state index contributed by atoms with van der Waals surface area (Å²) >= 11 is 1.08. The van der Waals surface area contributed by atoms with Crippen molar-refractivity contribution in [1.82, 2.24) is 5.32 Å². The predicted octanol–water partition coefficient (Wildman–Crippen LogP) is 3.09. The van der Waals surface area contributed by atoms with Gasteiger partial charge in [0.15, 0.2) is 5.17 Å². The van der Waals surface area contributed by atoms with Gasteiger partial charge in [0, 0.05) is 11.6 Å². The first kappa shape index (κ1) is 13.5. The number of thioether (sulfide) groups is 1. The molecule has 1 aromatic carbocycles. The number of nitrogens with one attached hydrogen (secondary N) is 2. The summed E-state index contributed by atoms with van der Waals surface area (Å²) in [5, 5.41) is 9.96. The molecule has 106 valence electrons. The number of amides is 1. The number of amidine groups is 1. The molecule has 0 unspecified atom stereocenters. The molecule has 0 radical (unpaired) electrons. The molecule has 21 heavy (non-hydrogen) atoms. The molecule has 2 N–H and O–H groups in total. The Balaban J connectivity index is 1.88. The monoisotopic (exact) mass is 300 g/mol. The van der Waals surface area contributed by atoms with Gasteiger partial charge in [-0.05, 0) is 36.0 Å². The van der Waals surface area contributed by atoms with Crippen LogP contribution in [0.1, 0.15) is 5.76 Å². The molecule has 0 saturated carbocycles. The zero-order valence-electron chi connectivity index (χ0n) is 11.2. The van der Waals surface area contributed by atoms with Crippen LogP contribution >= 0.6 is 11.8 Å². The Morgan fingerprint density at radius 1 is 1.33 bits per heavy atom. The van der Waals surface area contributed by atoms with E-state index in [9.17, 15) is 4.79 Å². The number of carbonyl (C=O) groups excluding carboxylic acids is 1. The van der Waals surface area contributed by atoms with Crippen LogP contribution in [0.4, 0.5) is 0 Å². The fourth-order valence-electron chi connectivity index (χ4n) is 1.93. The minimum atomic E-state index is -0.274.